The van der Waals surface area contributed by atoms with Gasteiger partial charge in [-0.3, -0.25) is 4.79 Å². The van der Waals surface area contributed by atoms with Crippen LogP contribution in [0.5, 0.6) is 5.75 Å². The molecule has 3 nitrogen and oxygen atoms in total. The standard InChI is InChI=1S/C20H23NO2/c1-16-7-5-11-19(13-16)23-15-17-8-6-12-21(14-17)20(22)18-9-3-2-4-10-18/h2-5,7,9-11,13,17H,6,8,12,14-15H2,1H3. The summed E-state index contributed by atoms with van der Waals surface area (Å²) in [4.78, 5) is 14.5. The van der Waals surface area contributed by atoms with Crippen LogP contribution in [0.15, 0.2) is 54.6 Å². The van der Waals surface area contributed by atoms with E-state index in [1.165, 1.54) is 5.56 Å². The van der Waals surface area contributed by atoms with E-state index in [4.69, 9.17) is 4.74 Å². The van der Waals surface area contributed by atoms with Crippen molar-refractivity contribution in [3.8, 4) is 5.75 Å². The Morgan fingerprint density at radius 3 is 2.78 bits per heavy atom. The first-order chi connectivity index (χ1) is 11.2. The Morgan fingerprint density at radius 1 is 1.17 bits per heavy atom. The molecule has 1 unspecified atom stereocenters. The summed E-state index contributed by atoms with van der Waals surface area (Å²) < 4.78 is 5.92. The molecule has 3 heteroatoms. The molecule has 0 aliphatic carbocycles. The fraction of sp³-hybridized carbons (Fsp3) is 0.350. The molecule has 2 aromatic carbocycles. The molecule has 0 aromatic heterocycles. The van der Waals surface area contributed by atoms with Gasteiger partial charge in [0.05, 0.1) is 6.61 Å². The van der Waals surface area contributed by atoms with E-state index < -0.39 is 0 Å². The minimum atomic E-state index is 0.130. The Kier molecular flexibility index (Phi) is 4.96. The average Bonchev–Trinajstić information content (AvgIpc) is 2.60. The summed E-state index contributed by atoms with van der Waals surface area (Å²) in [6, 6.07) is 17.6. The van der Waals surface area contributed by atoms with E-state index in [9.17, 15) is 4.79 Å². The number of carbonyl (C=O) groups is 1. The third kappa shape index (κ3) is 4.13. The summed E-state index contributed by atoms with van der Waals surface area (Å²) >= 11 is 0. The number of rotatable bonds is 4. The molecule has 2 aromatic rings. The van der Waals surface area contributed by atoms with Gasteiger partial charge in [-0.15, -0.1) is 0 Å². The second kappa shape index (κ2) is 7.32. The van der Waals surface area contributed by atoms with Gasteiger partial charge in [0.15, 0.2) is 0 Å². The van der Waals surface area contributed by atoms with Gasteiger partial charge in [0.25, 0.3) is 5.91 Å². The maximum Gasteiger partial charge on any atom is 0.253 e. The zero-order valence-electron chi connectivity index (χ0n) is 13.6. The zero-order valence-corrected chi connectivity index (χ0v) is 13.6. The van der Waals surface area contributed by atoms with E-state index in [1.54, 1.807) is 0 Å². The lowest BCUT2D eigenvalue weighted by atomic mass is 9.98. The van der Waals surface area contributed by atoms with Gasteiger partial charge in [0.1, 0.15) is 5.75 Å². The third-order valence-corrected chi connectivity index (χ3v) is 4.30. The van der Waals surface area contributed by atoms with Gasteiger partial charge < -0.3 is 9.64 Å². The number of hydrogen-bond acceptors (Lipinski definition) is 2. The number of nitrogens with zero attached hydrogens (tertiary/aromatic N) is 1. The summed E-state index contributed by atoms with van der Waals surface area (Å²) in [6.45, 7) is 4.35. The van der Waals surface area contributed by atoms with Crippen molar-refractivity contribution >= 4 is 5.91 Å². The first kappa shape index (κ1) is 15.6. The van der Waals surface area contributed by atoms with Crippen LogP contribution in [-0.4, -0.2) is 30.5 Å². The van der Waals surface area contributed by atoms with Gasteiger partial charge in [-0.25, -0.2) is 0 Å². The highest BCUT2D eigenvalue weighted by Crippen LogP contribution is 2.21. The molecule has 0 spiro atoms. The molecule has 1 amide bonds. The summed E-state index contributed by atoms with van der Waals surface area (Å²) in [6.07, 6.45) is 2.16. The minimum Gasteiger partial charge on any atom is -0.493 e. The van der Waals surface area contributed by atoms with Crippen LogP contribution in [0.4, 0.5) is 0 Å². The molecule has 0 radical (unpaired) electrons. The highest BCUT2D eigenvalue weighted by molar-refractivity contribution is 5.94. The van der Waals surface area contributed by atoms with E-state index in [-0.39, 0.29) is 5.91 Å². The summed E-state index contributed by atoms with van der Waals surface area (Å²) in [5, 5.41) is 0. The molecule has 1 fully saturated rings. The first-order valence-corrected chi connectivity index (χ1v) is 8.26. The van der Waals surface area contributed by atoms with Crippen LogP contribution in [0.1, 0.15) is 28.8 Å². The van der Waals surface area contributed by atoms with Crippen LogP contribution in [0.25, 0.3) is 0 Å². The second-order valence-electron chi connectivity index (χ2n) is 6.25. The number of benzene rings is 2. The van der Waals surface area contributed by atoms with E-state index in [0.717, 1.165) is 37.2 Å². The topological polar surface area (TPSA) is 29.5 Å². The largest absolute Gasteiger partial charge is 0.493 e. The minimum absolute atomic E-state index is 0.130. The number of amides is 1. The molecular weight excluding hydrogens is 286 g/mol. The fourth-order valence-corrected chi connectivity index (χ4v) is 3.07. The van der Waals surface area contributed by atoms with Crippen molar-refractivity contribution in [2.24, 2.45) is 5.92 Å². The lowest BCUT2D eigenvalue weighted by molar-refractivity contribution is 0.0633. The smallest absolute Gasteiger partial charge is 0.253 e. The number of aryl methyl sites for hydroxylation is 1. The van der Waals surface area contributed by atoms with Crippen LogP contribution in [0.2, 0.25) is 0 Å². The lowest BCUT2D eigenvalue weighted by Crippen LogP contribution is -2.41. The van der Waals surface area contributed by atoms with Crippen LogP contribution in [0.3, 0.4) is 0 Å². The van der Waals surface area contributed by atoms with Gasteiger partial charge in [0, 0.05) is 24.6 Å². The van der Waals surface area contributed by atoms with Crippen molar-refractivity contribution in [3.05, 3.63) is 65.7 Å². The Hall–Kier alpha value is -2.29. The summed E-state index contributed by atoms with van der Waals surface area (Å²) in [5.74, 6) is 1.44. The first-order valence-electron chi connectivity index (χ1n) is 8.26. The van der Waals surface area contributed by atoms with E-state index in [1.807, 2.05) is 47.4 Å². The zero-order chi connectivity index (χ0) is 16.1. The molecule has 0 bridgehead atoms. The molecule has 1 atom stereocenters. The fourth-order valence-electron chi connectivity index (χ4n) is 3.07. The Labute approximate surface area is 137 Å². The highest BCUT2D eigenvalue weighted by Gasteiger charge is 2.24. The third-order valence-electron chi connectivity index (χ3n) is 4.30. The Bertz CT molecular complexity index is 654. The number of hydrogen-bond donors (Lipinski definition) is 0. The van der Waals surface area contributed by atoms with E-state index in [0.29, 0.717) is 12.5 Å². The van der Waals surface area contributed by atoms with Gasteiger partial charge in [-0.05, 0) is 49.6 Å². The number of piperidine rings is 1. The molecule has 1 heterocycles. The predicted molar refractivity (Wildman–Crippen MR) is 91.7 cm³/mol. The van der Waals surface area contributed by atoms with Crippen LogP contribution in [0, 0.1) is 12.8 Å². The molecule has 3 rings (SSSR count). The van der Waals surface area contributed by atoms with Gasteiger partial charge in [-0.1, -0.05) is 30.3 Å². The maximum atomic E-state index is 12.5. The van der Waals surface area contributed by atoms with Crippen molar-refractivity contribution in [2.45, 2.75) is 19.8 Å². The van der Waals surface area contributed by atoms with Crippen molar-refractivity contribution in [1.29, 1.82) is 0 Å². The molecule has 1 saturated heterocycles. The number of ether oxygens (including phenoxy) is 1. The molecule has 23 heavy (non-hydrogen) atoms. The summed E-state index contributed by atoms with van der Waals surface area (Å²) in [5.41, 5.74) is 1.97. The normalized spacial score (nSPS) is 17.8. The maximum absolute atomic E-state index is 12.5. The highest BCUT2D eigenvalue weighted by atomic mass is 16.5. The molecular formula is C20H23NO2. The lowest BCUT2D eigenvalue weighted by Gasteiger charge is -2.32. The number of likely N-dealkylation sites (tertiary alicyclic amines) is 1. The van der Waals surface area contributed by atoms with Gasteiger partial charge in [0.2, 0.25) is 0 Å². The van der Waals surface area contributed by atoms with Crippen LogP contribution in [-0.2, 0) is 0 Å². The van der Waals surface area contributed by atoms with Crippen LogP contribution >= 0.6 is 0 Å². The Morgan fingerprint density at radius 2 is 2.00 bits per heavy atom. The van der Waals surface area contributed by atoms with Crippen LogP contribution < -0.4 is 4.74 Å². The van der Waals surface area contributed by atoms with Gasteiger partial charge >= 0.3 is 0 Å². The van der Waals surface area contributed by atoms with Crippen molar-refractivity contribution in [3.63, 3.8) is 0 Å². The number of carbonyl (C=O) groups excluding carboxylic acids is 1. The van der Waals surface area contributed by atoms with E-state index >= 15 is 0 Å². The monoisotopic (exact) mass is 309 g/mol. The Balaban J connectivity index is 1.57. The summed E-state index contributed by atoms with van der Waals surface area (Å²) in [7, 11) is 0. The van der Waals surface area contributed by atoms with Crippen molar-refractivity contribution < 1.29 is 9.53 Å². The van der Waals surface area contributed by atoms with Gasteiger partial charge in [-0.2, -0.15) is 0 Å². The second-order valence-corrected chi connectivity index (χ2v) is 6.25. The molecule has 1 aliphatic heterocycles. The molecule has 0 saturated carbocycles. The SMILES string of the molecule is Cc1cccc(OCC2CCCN(C(=O)c3ccccc3)C2)c1. The van der Waals surface area contributed by atoms with E-state index in [2.05, 4.69) is 19.1 Å². The quantitative estimate of drug-likeness (QED) is 0.856. The molecule has 1 aliphatic rings. The van der Waals surface area contributed by atoms with Crippen molar-refractivity contribution in [2.75, 3.05) is 19.7 Å². The predicted octanol–water partition coefficient (Wildman–Crippen LogP) is 3.93. The molecule has 0 N–H and O–H groups in total. The molecule has 120 valence electrons. The van der Waals surface area contributed by atoms with Crippen molar-refractivity contribution in [1.82, 2.24) is 4.90 Å². The average molecular weight is 309 g/mol.